The molecule has 0 aromatic rings. The molecule has 0 aromatic carbocycles. The van der Waals surface area contributed by atoms with E-state index in [1.54, 1.807) is 6.08 Å². The second kappa shape index (κ2) is 44.8. The SMILES string of the molecule is CCCCC/C=C/CC/C=C/CC/C=C/C(O)C(CO)NC(=O)C(O)CCCCCCCCCCCCCC/C=C\C/C=C\CCCCCCCCCCC. The number of carbonyl (C=O) groups excluding carboxylic acids is 1. The summed E-state index contributed by atoms with van der Waals surface area (Å²) >= 11 is 0. The molecule has 0 radical (unpaired) electrons. The molecule has 0 spiro atoms. The van der Waals surface area contributed by atoms with Crippen LogP contribution in [-0.2, 0) is 4.79 Å². The second-order valence-electron chi connectivity index (χ2n) is 15.9. The van der Waals surface area contributed by atoms with E-state index in [-0.39, 0.29) is 6.61 Å². The van der Waals surface area contributed by atoms with Crippen LogP contribution in [0.4, 0.5) is 0 Å². The highest BCUT2D eigenvalue weighted by Gasteiger charge is 2.22. The summed E-state index contributed by atoms with van der Waals surface area (Å²) < 4.78 is 0. The van der Waals surface area contributed by atoms with Gasteiger partial charge in [0.25, 0.3) is 0 Å². The van der Waals surface area contributed by atoms with Gasteiger partial charge in [0, 0.05) is 0 Å². The van der Waals surface area contributed by atoms with Crippen LogP contribution in [0.5, 0.6) is 0 Å². The Labute approximate surface area is 341 Å². The maximum Gasteiger partial charge on any atom is 0.249 e. The van der Waals surface area contributed by atoms with Crippen LogP contribution >= 0.6 is 0 Å². The van der Waals surface area contributed by atoms with Gasteiger partial charge in [-0.25, -0.2) is 0 Å². The average molecular weight is 770 g/mol. The van der Waals surface area contributed by atoms with E-state index in [0.29, 0.717) is 6.42 Å². The van der Waals surface area contributed by atoms with Crippen LogP contribution in [0.25, 0.3) is 0 Å². The summed E-state index contributed by atoms with van der Waals surface area (Å²) in [5.41, 5.74) is 0. The summed E-state index contributed by atoms with van der Waals surface area (Å²) in [5, 5.41) is 33.1. The molecular weight excluding hydrogens is 679 g/mol. The Hall–Kier alpha value is -1.95. The Morgan fingerprint density at radius 2 is 0.800 bits per heavy atom. The maximum atomic E-state index is 12.5. The first kappa shape index (κ1) is 53.0. The van der Waals surface area contributed by atoms with Crippen LogP contribution < -0.4 is 5.32 Å². The molecule has 0 bridgehead atoms. The minimum Gasteiger partial charge on any atom is -0.394 e. The third-order valence-electron chi connectivity index (χ3n) is 10.6. The molecule has 0 rings (SSSR count). The van der Waals surface area contributed by atoms with Crippen LogP contribution in [-0.4, -0.2) is 46.1 Å². The van der Waals surface area contributed by atoms with Crippen molar-refractivity contribution in [3.05, 3.63) is 60.8 Å². The molecule has 320 valence electrons. The van der Waals surface area contributed by atoms with E-state index in [0.717, 1.165) is 51.4 Å². The third kappa shape index (κ3) is 40.1. The van der Waals surface area contributed by atoms with Gasteiger partial charge in [0.05, 0.1) is 18.8 Å². The predicted octanol–water partition coefficient (Wildman–Crippen LogP) is 13.9. The van der Waals surface area contributed by atoms with Gasteiger partial charge < -0.3 is 20.6 Å². The van der Waals surface area contributed by atoms with Crippen molar-refractivity contribution >= 4 is 5.91 Å². The zero-order chi connectivity index (χ0) is 40.1. The number of allylic oxidation sites excluding steroid dienone is 9. The minimum absolute atomic E-state index is 0.384. The molecule has 0 aromatic heterocycles. The lowest BCUT2D eigenvalue weighted by Gasteiger charge is -2.21. The summed E-state index contributed by atoms with van der Waals surface area (Å²) in [7, 11) is 0. The van der Waals surface area contributed by atoms with Crippen molar-refractivity contribution in [2.75, 3.05) is 6.61 Å². The number of aliphatic hydroxyl groups excluding tert-OH is 3. The average Bonchev–Trinajstić information content (AvgIpc) is 3.19. The Bertz CT molecular complexity index is 938. The molecule has 1 amide bonds. The number of unbranched alkanes of at least 4 members (excludes halogenated alkanes) is 26. The zero-order valence-corrected chi connectivity index (χ0v) is 36.3. The lowest BCUT2D eigenvalue weighted by Crippen LogP contribution is -2.48. The summed E-state index contributed by atoms with van der Waals surface area (Å²) in [5.74, 6) is -0.521. The number of hydrogen-bond acceptors (Lipinski definition) is 4. The second-order valence-corrected chi connectivity index (χ2v) is 15.9. The van der Waals surface area contributed by atoms with Crippen molar-refractivity contribution in [1.29, 1.82) is 0 Å². The van der Waals surface area contributed by atoms with Crippen molar-refractivity contribution < 1.29 is 20.1 Å². The van der Waals surface area contributed by atoms with Crippen molar-refractivity contribution in [2.24, 2.45) is 0 Å². The fraction of sp³-hybridized carbons (Fsp3) is 0.780. The smallest absolute Gasteiger partial charge is 0.249 e. The van der Waals surface area contributed by atoms with Gasteiger partial charge in [-0.05, 0) is 77.0 Å². The van der Waals surface area contributed by atoms with Crippen molar-refractivity contribution in [3.63, 3.8) is 0 Å². The number of aliphatic hydroxyl groups is 3. The van der Waals surface area contributed by atoms with Gasteiger partial charge in [-0.1, -0.05) is 209 Å². The Balaban J connectivity index is 3.64. The van der Waals surface area contributed by atoms with E-state index in [9.17, 15) is 20.1 Å². The van der Waals surface area contributed by atoms with E-state index >= 15 is 0 Å². The van der Waals surface area contributed by atoms with Crippen molar-refractivity contribution in [3.8, 4) is 0 Å². The van der Waals surface area contributed by atoms with Gasteiger partial charge >= 0.3 is 0 Å². The normalized spacial score (nSPS) is 14.1. The van der Waals surface area contributed by atoms with Crippen LogP contribution in [0.2, 0.25) is 0 Å². The zero-order valence-electron chi connectivity index (χ0n) is 36.3. The molecule has 0 saturated carbocycles. The molecular formula is C50H91NO4. The van der Waals surface area contributed by atoms with E-state index in [2.05, 4.69) is 67.8 Å². The summed E-state index contributed by atoms with van der Waals surface area (Å²) in [6.07, 6.45) is 59.8. The highest BCUT2D eigenvalue weighted by molar-refractivity contribution is 5.80. The molecule has 55 heavy (non-hydrogen) atoms. The molecule has 3 atom stereocenters. The Kier molecular flexibility index (Phi) is 43.2. The Morgan fingerprint density at radius 1 is 0.455 bits per heavy atom. The number of hydrogen-bond donors (Lipinski definition) is 4. The molecule has 3 unspecified atom stereocenters. The van der Waals surface area contributed by atoms with Crippen LogP contribution in [0, 0.1) is 0 Å². The third-order valence-corrected chi connectivity index (χ3v) is 10.6. The molecule has 0 heterocycles. The van der Waals surface area contributed by atoms with Gasteiger partial charge in [-0.2, -0.15) is 0 Å². The van der Waals surface area contributed by atoms with Gasteiger partial charge in [0.2, 0.25) is 5.91 Å². The summed E-state index contributed by atoms with van der Waals surface area (Å²) in [4.78, 5) is 12.5. The monoisotopic (exact) mass is 770 g/mol. The van der Waals surface area contributed by atoms with Crippen LogP contribution in [0.3, 0.4) is 0 Å². The maximum absolute atomic E-state index is 12.5. The number of nitrogens with one attached hydrogen (secondary N) is 1. The van der Waals surface area contributed by atoms with Gasteiger partial charge in [-0.15, -0.1) is 0 Å². The fourth-order valence-corrected chi connectivity index (χ4v) is 6.83. The fourth-order valence-electron chi connectivity index (χ4n) is 6.83. The van der Waals surface area contributed by atoms with Crippen molar-refractivity contribution in [1.82, 2.24) is 5.32 Å². The topological polar surface area (TPSA) is 89.8 Å². The molecule has 0 aliphatic rings. The lowest BCUT2D eigenvalue weighted by molar-refractivity contribution is -0.131. The van der Waals surface area contributed by atoms with Gasteiger partial charge in [0.1, 0.15) is 6.10 Å². The predicted molar refractivity (Wildman–Crippen MR) is 240 cm³/mol. The molecule has 5 heteroatoms. The number of rotatable bonds is 42. The molecule has 0 saturated heterocycles. The highest BCUT2D eigenvalue weighted by atomic mass is 16.3. The highest BCUT2D eigenvalue weighted by Crippen LogP contribution is 2.15. The van der Waals surface area contributed by atoms with Crippen LogP contribution in [0.15, 0.2) is 60.8 Å². The first-order chi connectivity index (χ1) is 27.1. The molecule has 5 nitrogen and oxygen atoms in total. The van der Waals surface area contributed by atoms with E-state index in [1.807, 2.05) is 6.08 Å². The van der Waals surface area contributed by atoms with Crippen molar-refractivity contribution in [2.45, 2.75) is 244 Å². The van der Waals surface area contributed by atoms with Gasteiger partial charge in [-0.3, -0.25) is 4.79 Å². The Morgan fingerprint density at radius 3 is 1.25 bits per heavy atom. The summed E-state index contributed by atoms with van der Waals surface area (Å²) in [6.45, 7) is 4.13. The number of carbonyl (C=O) groups is 1. The van der Waals surface area contributed by atoms with E-state index < -0.39 is 24.2 Å². The molecule has 0 aliphatic carbocycles. The van der Waals surface area contributed by atoms with E-state index in [1.165, 1.54) is 154 Å². The first-order valence-corrected chi connectivity index (χ1v) is 23.6. The molecule has 0 fully saturated rings. The van der Waals surface area contributed by atoms with E-state index in [4.69, 9.17) is 0 Å². The number of amides is 1. The molecule has 0 aliphatic heterocycles. The largest absolute Gasteiger partial charge is 0.394 e. The first-order valence-electron chi connectivity index (χ1n) is 23.6. The van der Waals surface area contributed by atoms with Gasteiger partial charge in [0.15, 0.2) is 0 Å². The quantitative estimate of drug-likeness (QED) is 0.0368. The lowest BCUT2D eigenvalue weighted by atomic mass is 10.0. The minimum atomic E-state index is -1.11. The summed E-state index contributed by atoms with van der Waals surface area (Å²) in [6, 6.07) is -0.822. The van der Waals surface area contributed by atoms with Crippen LogP contribution in [0.1, 0.15) is 226 Å². The molecule has 4 N–H and O–H groups in total. The standard InChI is InChI=1S/C50H91NO4/c1-3-5-7-9-11-13-15-17-18-19-20-21-22-23-24-25-26-27-28-29-30-31-33-35-37-39-41-43-45-49(54)50(55)51-47(46-52)48(53)44-42-40-38-36-34-32-16-14-12-10-8-6-4-2/h12,14,20-21,23-24,34,36,42,44,47-49,52-54H,3-11,13,15-19,22,25-33,35,37-41,43,45-46H2,1-2H3,(H,51,55)/b14-12+,21-20-,24-23-,36-34+,44-42+.